The fourth-order valence-electron chi connectivity index (χ4n) is 1.92. The van der Waals surface area contributed by atoms with Crippen LogP contribution in [0.15, 0.2) is 10.6 Å². The molecule has 0 atom stereocenters. The third-order valence-electron chi connectivity index (χ3n) is 2.89. The Morgan fingerprint density at radius 3 is 2.62 bits per heavy atom. The molecule has 8 nitrogen and oxygen atoms in total. The SMILES string of the molecule is Cc1cc(NC(=O)CSCC(=O)N(CCC(=O)O)CC(C)C)no1. The van der Waals surface area contributed by atoms with Crippen LogP contribution in [0.5, 0.6) is 0 Å². The minimum atomic E-state index is -0.938. The second-order valence-corrected chi connectivity index (χ2v) is 6.73. The van der Waals surface area contributed by atoms with Gasteiger partial charge in [-0.15, -0.1) is 11.8 Å². The lowest BCUT2D eigenvalue weighted by Gasteiger charge is -2.23. The van der Waals surface area contributed by atoms with Crippen molar-refractivity contribution in [2.24, 2.45) is 5.92 Å². The van der Waals surface area contributed by atoms with Crippen molar-refractivity contribution in [3.05, 3.63) is 11.8 Å². The first-order valence-electron chi connectivity index (χ1n) is 7.58. The van der Waals surface area contributed by atoms with Crippen LogP contribution in [0, 0.1) is 12.8 Å². The zero-order chi connectivity index (χ0) is 18.1. The van der Waals surface area contributed by atoms with Gasteiger partial charge in [0, 0.05) is 19.2 Å². The quantitative estimate of drug-likeness (QED) is 0.654. The van der Waals surface area contributed by atoms with Crippen molar-refractivity contribution in [1.29, 1.82) is 0 Å². The van der Waals surface area contributed by atoms with Crippen molar-refractivity contribution >= 4 is 35.4 Å². The number of aryl methyl sites for hydroxylation is 1. The van der Waals surface area contributed by atoms with E-state index in [1.54, 1.807) is 13.0 Å². The number of rotatable bonds is 10. The summed E-state index contributed by atoms with van der Waals surface area (Å²) in [6.45, 7) is 6.31. The Kier molecular flexibility index (Phi) is 8.31. The maximum Gasteiger partial charge on any atom is 0.305 e. The molecule has 0 aliphatic carbocycles. The lowest BCUT2D eigenvalue weighted by molar-refractivity contribution is -0.138. The minimum absolute atomic E-state index is 0.0882. The molecule has 0 aliphatic rings. The summed E-state index contributed by atoms with van der Waals surface area (Å²) >= 11 is 1.18. The average Bonchev–Trinajstić information content (AvgIpc) is 2.87. The first kappa shape index (κ1) is 20.0. The van der Waals surface area contributed by atoms with Gasteiger partial charge in [0.1, 0.15) is 5.76 Å². The summed E-state index contributed by atoms with van der Waals surface area (Å²) in [6, 6.07) is 1.60. The Bertz CT molecular complexity index is 573. The number of nitrogens with zero attached hydrogens (tertiary/aromatic N) is 2. The average molecular weight is 357 g/mol. The first-order chi connectivity index (χ1) is 11.3. The molecule has 0 saturated heterocycles. The van der Waals surface area contributed by atoms with Crippen LogP contribution in [-0.2, 0) is 14.4 Å². The van der Waals surface area contributed by atoms with E-state index in [1.165, 1.54) is 16.7 Å². The van der Waals surface area contributed by atoms with E-state index in [-0.39, 0.29) is 42.2 Å². The van der Waals surface area contributed by atoms with E-state index in [2.05, 4.69) is 10.5 Å². The normalized spacial score (nSPS) is 10.7. The molecule has 2 N–H and O–H groups in total. The lowest BCUT2D eigenvalue weighted by atomic mass is 10.2. The van der Waals surface area contributed by atoms with Gasteiger partial charge >= 0.3 is 5.97 Å². The molecule has 0 bridgehead atoms. The molecule has 0 spiro atoms. The number of amides is 2. The number of hydrogen-bond donors (Lipinski definition) is 2. The highest BCUT2D eigenvalue weighted by Crippen LogP contribution is 2.10. The molecule has 0 aromatic carbocycles. The van der Waals surface area contributed by atoms with Gasteiger partial charge in [0.05, 0.1) is 17.9 Å². The standard InChI is InChI=1S/C15H23N3O5S/c1-10(2)7-18(5-4-15(21)22)14(20)9-24-8-13(19)16-12-6-11(3)23-17-12/h6,10H,4-5,7-9H2,1-3H3,(H,21,22)(H,16,17,19). The molecule has 9 heteroatoms. The number of carbonyl (C=O) groups is 3. The van der Waals surface area contributed by atoms with Gasteiger partial charge in [0.2, 0.25) is 11.8 Å². The molecule has 0 saturated carbocycles. The van der Waals surface area contributed by atoms with E-state index in [1.807, 2.05) is 13.8 Å². The highest BCUT2D eigenvalue weighted by atomic mass is 32.2. The van der Waals surface area contributed by atoms with Gasteiger partial charge in [-0.3, -0.25) is 14.4 Å². The van der Waals surface area contributed by atoms with Gasteiger partial charge in [-0.05, 0) is 12.8 Å². The maximum absolute atomic E-state index is 12.2. The van der Waals surface area contributed by atoms with E-state index in [0.29, 0.717) is 18.1 Å². The van der Waals surface area contributed by atoms with Gasteiger partial charge in [-0.1, -0.05) is 19.0 Å². The number of anilines is 1. The van der Waals surface area contributed by atoms with Gasteiger partial charge in [0.25, 0.3) is 0 Å². The van der Waals surface area contributed by atoms with E-state index >= 15 is 0 Å². The van der Waals surface area contributed by atoms with Crippen LogP contribution in [0.3, 0.4) is 0 Å². The monoisotopic (exact) mass is 357 g/mol. The fourth-order valence-corrected chi connectivity index (χ4v) is 2.63. The maximum atomic E-state index is 12.2. The van der Waals surface area contributed by atoms with Crippen LogP contribution in [0.4, 0.5) is 5.82 Å². The molecular formula is C15H23N3O5S. The fraction of sp³-hybridized carbons (Fsp3) is 0.600. The summed E-state index contributed by atoms with van der Waals surface area (Å²) in [5, 5.41) is 15.0. The van der Waals surface area contributed by atoms with Crippen LogP contribution in [0.2, 0.25) is 0 Å². The van der Waals surface area contributed by atoms with Crippen molar-refractivity contribution in [2.75, 3.05) is 29.9 Å². The third-order valence-corrected chi connectivity index (χ3v) is 3.81. The first-order valence-corrected chi connectivity index (χ1v) is 8.74. The van der Waals surface area contributed by atoms with Gasteiger partial charge in [-0.25, -0.2) is 0 Å². The number of nitrogens with one attached hydrogen (secondary N) is 1. The number of thioether (sulfide) groups is 1. The smallest absolute Gasteiger partial charge is 0.305 e. The molecule has 0 radical (unpaired) electrons. The molecule has 2 amide bonds. The molecule has 134 valence electrons. The summed E-state index contributed by atoms with van der Waals surface area (Å²) in [5.41, 5.74) is 0. The summed E-state index contributed by atoms with van der Waals surface area (Å²) in [6.07, 6.45) is -0.0882. The Balaban J connectivity index is 2.37. The number of hydrogen-bond acceptors (Lipinski definition) is 6. The van der Waals surface area contributed by atoms with Gasteiger partial charge < -0.3 is 19.8 Å². The van der Waals surface area contributed by atoms with Crippen LogP contribution in [-0.4, -0.2) is 57.5 Å². The third kappa shape index (κ3) is 8.00. The Hall–Kier alpha value is -2.03. The number of carbonyl (C=O) groups excluding carboxylic acids is 2. The number of carboxylic acid groups (broad SMARTS) is 1. The summed E-state index contributed by atoms with van der Waals surface area (Å²) in [5.74, 6) is 0.0205. The molecule has 1 aromatic heterocycles. The van der Waals surface area contributed by atoms with Crippen LogP contribution >= 0.6 is 11.8 Å². The van der Waals surface area contributed by atoms with E-state index in [4.69, 9.17) is 9.63 Å². The Labute approximate surface area is 144 Å². The Morgan fingerprint density at radius 2 is 2.08 bits per heavy atom. The zero-order valence-electron chi connectivity index (χ0n) is 14.1. The molecule has 0 unspecified atom stereocenters. The molecule has 1 aromatic rings. The Morgan fingerprint density at radius 1 is 1.38 bits per heavy atom. The summed E-state index contributed by atoms with van der Waals surface area (Å²) in [4.78, 5) is 36.2. The molecule has 0 aliphatic heterocycles. The lowest BCUT2D eigenvalue weighted by Crippen LogP contribution is -2.37. The van der Waals surface area contributed by atoms with Crippen LogP contribution in [0.25, 0.3) is 0 Å². The molecule has 1 rings (SSSR count). The van der Waals surface area contributed by atoms with Crippen molar-refractivity contribution in [2.45, 2.75) is 27.2 Å². The van der Waals surface area contributed by atoms with E-state index < -0.39 is 5.97 Å². The van der Waals surface area contributed by atoms with Gasteiger partial charge in [-0.2, -0.15) is 0 Å². The van der Waals surface area contributed by atoms with Crippen molar-refractivity contribution in [3.63, 3.8) is 0 Å². The number of carboxylic acids is 1. The largest absolute Gasteiger partial charge is 0.481 e. The number of aliphatic carboxylic acids is 1. The minimum Gasteiger partial charge on any atom is -0.481 e. The van der Waals surface area contributed by atoms with Crippen molar-refractivity contribution < 1.29 is 24.0 Å². The molecule has 0 fully saturated rings. The predicted molar refractivity (Wildman–Crippen MR) is 90.9 cm³/mol. The molecule has 1 heterocycles. The second-order valence-electron chi connectivity index (χ2n) is 5.74. The predicted octanol–water partition coefficient (Wildman–Crippen LogP) is 1.61. The highest BCUT2D eigenvalue weighted by Gasteiger charge is 2.17. The summed E-state index contributed by atoms with van der Waals surface area (Å²) < 4.78 is 4.84. The summed E-state index contributed by atoms with van der Waals surface area (Å²) in [7, 11) is 0. The highest BCUT2D eigenvalue weighted by molar-refractivity contribution is 8.00. The second kappa shape index (κ2) is 9.96. The zero-order valence-corrected chi connectivity index (χ0v) is 14.9. The molecule has 24 heavy (non-hydrogen) atoms. The van der Waals surface area contributed by atoms with Crippen LogP contribution in [0.1, 0.15) is 26.0 Å². The number of aromatic nitrogens is 1. The molecular weight excluding hydrogens is 334 g/mol. The van der Waals surface area contributed by atoms with E-state index in [0.717, 1.165) is 0 Å². The van der Waals surface area contributed by atoms with Crippen molar-refractivity contribution in [3.8, 4) is 0 Å². The van der Waals surface area contributed by atoms with Crippen molar-refractivity contribution in [1.82, 2.24) is 10.1 Å². The van der Waals surface area contributed by atoms with E-state index in [9.17, 15) is 14.4 Å². The topological polar surface area (TPSA) is 113 Å². The van der Waals surface area contributed by atoms with Crippen LogP contribution < -0.4 is 5.32 Å². The van der Waals surface area contributed by atoms with Gasteiger partial charge in [0.15, 0.2) is 5.82 Å².